The number of anilines is 1. The van der Waals surface area contributed by atoms with Crippen molar-refractivity contribution in [1.29, 1.82) is 5.26 Å². The normalized spacial score (nSPS) is 22.2. The molecule has 2 heterocycles. The summed E-state index contributed by atoms with van der Waals surface area (Å²) >= 11 is 0. The minimum Gasteiger partial charge on any atom is -0.393 e. The van der Waals surface area contributed by atoms with Crippen molar-refractivity contribution in [2.75, 3.05) is 18.0 Å². The first-order valence-corrected chi connectivity index (χ1v) is 7.14. The van der Waals surface area contributed by atoms with Gasteiger partial charge in [0.2, 0.25) is 0 Å². The Morgan fingerprint density at radius 2 is 2.15 bits per heavy atom. The summed E-state index contributed by atoms with van der Waals surface area (Å²) in [4.78, 5) is 6.74. The molecule has 2 rings (SSSR count). The molecule has 0 amide bonds. The molecule has 0 aromatic carbocycles. The summed E-state index contributed by atoms with van der Waals surface area (Å²) in [5, 5.41) is 19.4. The molecule has 0 spiro atoms. The van der Waals surface area contributed by atoms with E-state index in [1.165, 1.54) is 0 Å². The Morgan fingerprint density at radius 3 is 2.80 bits per heavy atom. The van der Waals surface area contributed by atoms with Crippen molar-refractivity contribution in [3.8, 4) is 6.07 Å². The van der Waals surface area contributed by atoms with Crippen LogP contribution in [0, 0.1) is 30.6 Å². The summed E-state index contributed by atoms with van der Waals surface area (Å²) in [7, 11) is 0. The quantitative estimate of drug-likeness (QED) is 0.854. The smallest absolute Gasteiger partial charge is 0.147 e. The third-order valence-electron chi connectivity index (χ3n) is 3.88. The Kier molecular flexibility index (Phi) is 4.01. The zero-order valence-corrected chi connectivity index (χ0v) is 12.8. The van der Waals surface area contributed by atoms with E-state index in [9.17, 15) is 10.4 Å². The van der Waals surface area contributed by atoms with Crippen molar-refractivity contribution < 1.29 is 5.11 Å². The highest BCUT2D eigenvalue weighted by molar-refractivity contribution is 5.58. The number of aryl methyl sites for hydroxylation is 2. The van der Waals surface area contributed by atoms with E-state index in [0.29, 0.717) is 5.56 Å². The number of aliphatic hydroxyl groups is 1. The van der Waals surface area contributed by atoms with Crippen LogP contribution in [0.4, 0.5) is 5.82 Å². The predicted molar refractivity (Wildman–Crippen MR) is 79.7 cm³/mol. The molecule has 1 aliphatic heterocycles. The fourth-order valence-corrected chi connectivity index (χ4v) is 3.07. The van der Waals surface area contributed by atoms with E-state index in [4.69, 9.17) is 0 Å². The third kappa shape index (κ3) is 3.10. The molecule has 108 valence electrons. The van der Waals surface area contributed by atoms with E-state index in [2.05, 4.69) is 29.8 Å². The molecule has 4 heteroatoms. The van der Waals surface area contributed by atoms with Crippen LogP contribution in [0.25, 0.3) is 0 Å². The van der Waals surface area contributed by atoms with Gasteiger partial charge in [0.25, 0.3) is 0 Å². The summed E-state index contributed by atoms with van der Waals surface area (Å²) in [5.41, 5.74) is 2.57. The number of pyridine rings is 1. The SMILES string of the molecule is Cc1cc(C)c(C#N)c(N2CC[C@@H](O)CC(C)(C)C2)n1. The number of aliphatic hydroxyl groups excluding tert-OH is 1. The van der Waals surface area contributed by atoms with Gasteiger partial charge in [-0.3, -0.25) is 0 Å². The molecule has 0 aliphatic carbocycles. The molecular formula is C16H23N3O. The van der Waals surface area contributed by atoms with Gasteiger partial charge in [-0.25, -0.2) is 4.98 Å². The number of nitrogens with zero attached hydrogens (tertiary/aromatic N) is 3. The zero-order valence-electron chi connectivity index (χ0n) is 12.8. The van der Waals surface area contributed by atoms with Crippen LogP contribution in [0.5, 0.6) is 0 Å². The molecule has 0 unspecified atom stereocenters. The lowest BCUT2D eigenvalue weighted by Crippen LogP contribution is -2.34. The van der Waals surface area contributed by atoms with E-state index in [1.807, 2.05) is 19.9 Å². The van der Waals surface area contributed by atoms with Crippen LogP contribution in [0.1, 0.15) is 43.5 Å². The van der Waals surface area contributed by atoms with Gasteiger partial charge in [0.1, 0.15) is 11.9 Å². The third-order valence-corrected chi connectivity index (χ3v) is 3.88. The molecule has 1 saturated heterocycles. The Bertz CT molecular complexity index is 545. The van der Waals surface area contributed by atoms with Crippen LogP contribution >= 0.6 is 0 Å². The summed E-state index contributed by atoms with van der Waals surface area (Å²) in [6.07, 6.45) is 1.24. The maximum absolute atomic E-state index is 10.0. The average molecular weight is 273 g/mol. The van der Waals surface area contributed by atoms with E-state index in [-0.39, 0.29) is 11.5 Å². The van der Waals surface area contributed by atoms with E-state index >= 15 is 0 Å². The monoisotopic (exact) mass is 273 g/mol. The Labute approximate surface area is 121 Å². The molecule has 4 nitrogen and oxygen atoms in total. The molecule has 1 aromatic rings. The molecule has 1 fully saturated rings. The van der Waals surface area contributed by atoms with Crippen LogP contribution in [-0.4, -0.2) is 29.3 Å². The predicted octanol–water partition coefficient (Wildman–Crippen LogP) is 2.56. The molecule has 1 atom stereocenters. The molecule has 1 aliphatic rings. The number of hydrogen-bond acceptors (Lipinski definition) is 4. The fraction of sp³-hybridized carbons (Fsp3) is 0.625. The van der Waals surface area contributed by atoms with Gasteiger partial charge in [-0.2, -0.15) is 5.26 Å². The van der Waals surface area contributed by atoms with Crippen molar-refractivity contribution in [1.82, 2.24) is 4.98 Å². The maximum atomic E-state index is 10.0. The van der Waals surface area contributed by atoms with Gasteiger partial charge in [0, 0.05) is 18.8 Å². The second-order valence-electron chi connectivity index (χ2n) is 6.62. The first-order valence-electron chi connectivity index (χ1n) is 7.14. The van der Waals surface area contributed by atoms with Crippen molar-refractivity contribution in [3.05, 3.63) is 22.9 Å². The molecule has 0 radical (unpaired) electrons. The largest absolute Gasteiger partial charge is 0.393 e. The summed E-state index contributed by atoms with van der Waals surface area (Å²) in [5.74, 6) is 0.771. The first-order chi connectivity index (χ1) is 9.32. The second kappa shape index (κ2) is 5.41. The van der Waals surface area contributed by atoms with Crippen LogP contribution < -0.4 is 4.90 Å². The van der Waals surface area contributed by atoms with Crippen LogP contribution in [0.15, 0.2) is 6.07 Å². The lowest BCUT2D eigenvalue weighted by Gasteiger charge is -2.31. The number of nitriles is 1. The molecule has 0 bridgehead atoms. The fourth-order valence-electron chi connectivity index (χ4n) is 3.07. The van der Waals surface area contributed by atoms with Crippen molar-refractivity contribution in [3.63, 3.8) is 0 Å². The lowest BCUT2D eigenvalue weighted by molar-refractivity contribution is 0.123. The van der Waals surface area contributed by atoms with Gasteiger partial charge in [0.15, 0.2) is 0 Å². The lowest BCUT2D eigenvalue weighted by atomic mass is 9.87. The van der Waals surface area contributed by atoms with E-state index in [0.717, 1.165) is 43.0 Å². The Balaban J connectivity index is 2.43. The molecular weight excluding hydrogens is 250 g/mol. The van der Waals surface area contributed by atoms with Gasteiger partial charge in [0.05, 0.1) is 11.7 Å². The summed E-state index contributed by atoms with van der Waals surface area (Å²) in [6, 6.07) is 4.22. The zero-order chi connectivity index (χ0) is 14.9. The van der Waals surface area contributed by atoms with Crippen LogP contribution in [0.2, 0.25) is 0 Å². The van der Waals surface area contributed by atoms with Gasteiger partial charge >= 0.3 is 0 Å². The van der Waals surface area contributed by atoms with Gasteiger partial charge in [-0.1, -0.05) is 13.8 Å². The van der Waals surface area contributed by atoms with Crippen LogP contribution in [0.3, 0.4) is 0 Å². The minimum absolute atomic E-state index is 0.0158. The van der Waals surface area contributed by atoms with Crippen molar-refractivity contribution in [2.45, 2.75) is 46.6 Å². The number of hydrogen-bond donors (Lipinski definition) is 1. The standard InChI is InChI=1S/C16H23N3O/c1-11-7-12(2)18-15(14(11)9-17)19-6-5-13(20)8-16(3,4)10-19/h7,13,20H,5-6,8,10H2,1-4H3/t13-/m1/s1. The minimum atomic E-state index is -0.272. The van der Waals surface area contributed by atoms with Gasteiger partial charge in [-0.05, 0) is 43.7 Å². The topological polar surface area (TPSA) is 60.2 Å². The molecule has 0 saturated carbocycles. The Hall–Kier alpha value is -1.60. The highest BCUT2D eigenvalue weighted by atomic mass is 16.3. The summed E-state index contributed by atoms with van der Waals surface area (Å²) < 4.78 is 0. The first kappa shape index (κ1) is 14.8. The molecule has 1 N–H and O–H groups in total. The highest BCUT2D eigenvalue weighted by Gasteiger charge is 2.30. The molecule has 1 aromatic heterocycles. The van der Waals surface area contributed by atoms with Crippen molar-refractivity contribution in [2.24, 2.45) is 5.41 Å². The number of aromatic nitrogens is 1. The van der Waals surface area contributed by atoms with Crippen molar-refractivity contribution >= 4 is 5.82 Å². The molecule has 20 heavy (non-hydrogen) atoms. The maximum Gasteiger partial charge on any atom is 0.147 e. The second-order valence-corrected chi connectivity index (χ2v) is 6.62. The Morgan fingerprint density at radius 1 is 1.45 bits per heavy atom. The van der Waals surface area contributed by atoms with E-state index < -0.39 is 0 Å². The van der Waals surface area contributed by atoms with Gasteiger partial charge < -0.3 is 10.0 Å². The van der Waals surface area contributed by atoms with E-state index in [1.54, 1.807) is 0 Å². The summed E-state index contributed by atoms with van der Waals surface area (Å²) in [6.45, 7) is 9.78. The van der Waals surface area contributed by atoms with Crippen LogP contribution in [-0.2, 0) is 0 Å². The number of rotatable bonds is 1. The van der Waals surface area contributed by atoms with Gasteiger partial charge in [-0.15, -0.1) is 0 Å². The highest BCUT2D eigenvalue weighted by Crippen LogP contribution is 2.32. The average Bonchev–Trinajstić information content (AvgIpc) is 2.45.